The van der Waals surface area contributed by atoms with E-state index in [2.05, 4.69) is 10.2 Å². The van der Waals surface area contributed by atoms with Crippen LogP contribution in [0.15, 0.2) is 12.1 Å². The lowest BCUT2D eigenvalue weighted by molar-refractivity contribution is 1.08. The Labute approximate surface area is 99.7 Å². The van der Waals surface area contributed by atoms with Crippen LogP contribution in [0.3, 0.4) is 0 Å². The van der Waals surface area contributed by atoms with Gasteiger partial charge in [-0.05, 0) is 12.1 Å². The molecule has 0 N–H and O–H groups in total. The van der Waals surface area contributed by atoms with E-state index in [-0.39, 0.29) is 5.15 Å². The summed E-state index contributed by atoms with van der Waals surface area (Å²) in [4.78, 5) is 0. The molecule has 0 saturated carbocycles. The molecule has 0 aliphatic rings. The largest absolute Gasteiger partial charge is 0.170 e. The number of fused-ring (bicyclic) bond motifs is 1. The van der Waals surface area contributed by atoms with Crippen molar-refractivity contribution in [3.63, 3.8) is 0 Å². The highest BCUT2D eigenvalue weighted by molar-refractivity contribution is 6.48. The van der Waals surface area contributed by atoms with Gasteiger partial charge < -0.3 is 0 Å². The Morgan fingerprint density at radius 3 is 2.29 bits per heavy atom. The molecule has 1 heterocycles. The minimum atomic E-state index is 0.151. The molecule has 2 aromatic rings. The van der Waals surface area contributed by atoms with Gasteiger partial charge in [-0.3, -0.25) is 0 Å². The van der Waals surface area contributed by atoms with E-state index in [9.17, 15) is 0 Å². The van der Waals surface area contributed by atoms with Crippen LogP contribution in [-0.2, 0) is 0 Å². The Balaban J connectivity index is 2.94. The van der Waals surface area contributed by atoms with Crippen molar-refractivity contribution in [1.29, 1.82) is 0 Å². The van der Waals surface area contributed by atoms with E-state index in [4.69, 9.17) is 46.4 Å². The highest BCUT2D eigenvalue weighted by Crippen LogP contribution is 2.34. The summed E-state index contributed by atoms with van der Waals surface area (Å²) in [7, 11) is 0. The Bertz CT molecular complexity index is 465. The quantitative estimate of drug-likeness (QED) is 0.713. The van der Waals surface area contributed by atoms with Gasteiger partial charge in [-0.2, -0.15) is 0 Å². The van der Waals surface area contributed by atoms with Crippen LogP contribution in [0.2, 0.25) is 20.2 Å². The van der Waals surface area contributed by atoms with Gasteiger partial charge >= 0.3 is 0 Å². The maximum atomic E-state index is 5.91. The molecule has 6 heteroatoms. The topological polar surface area (TPSA) is 25.8 Å². The molecule has 0 amide bonds. The van der Waals surface area contributed by atoms with Crippen LogP contribution in [0, 0.1) is 0 Å². The molecule has 0 atom stereocenters. The summed E-state index contributed by atoms with van der Waals surface area (Å²) in [6.07, 6.45) is 0. The summed E-state index contributed by atoms with van der Waals surface area (Å²) >= 11 is 23.3. The molecule has 0 aliphatic carbocycles. The van der Waals surface area contributed by atoms with Gasteiger partial charge in [0.15, 0.2) is 5.15 Å². The summed E-state index contributed by atoms with van der Waals surface area (Å²) in [5.74, 6) is 0. The van der Waals surface area contributed by atoms with Crippen LogP contribution in [0.25, 0.3) is 10.9 Å². The summed E-state index contributed by atoms with van der Waals surface area (Å²) in [5, 5.41) is 9.33. The molecular formula is C8H2Cl4N2. The summed E-state index contributed by atoms with van der Waals surface area (Å²) < 4.78 is 0. The first-order valence-electron chi connectivity index (χ1n) is 3.56. The normalized spacial score (nSPS) is 10.9. The fraction of sp³-hybridized carbons (Fsp3) is 0. The second kappa shape index (κ2) is 3.70. The first kappa shape index (κ1) is 10.2. The second-order valence-electron chi connectivity index (χ2n) is 2.56. The predicted octanol–water partition coefficient (Wildman–Crippen LogP) is 4.24. The molecule has 0 fully saturated rings. The first-order valence-corrected chi connectivity index (χ1v) is 5.08. The Morgan fingerprint density at radius 2 is 1.57 bits per heavy atom. The van der Waals surface area contributed by atoms with Crippen molar-refractivity contribution in [1.82, 2.24) is 10.2 Å². The van der Waals surface area contributed by atoms with E-state index in [0.29, 0.717) is 26.0 Å². The monoisotopic (exact) mass is 266 g/mol. The van der Waals surface area contributed by atoms with Gasteiger partial charge in [-0.15, -0.1) is 10.2 Å². The van der Waals surface area contributed by atoms with Crippen molar-refractivity contribution in [2.75, 3.05) is 0 Å². The number of hydrogen-bond donors (Lipinski definition) is 0. The van der Waals surface area contributed by atoms with Crippen LogP contribution >= 0.6 is 46.4 Å². The minimum Gasteiger partial charge on any atom is -0.147 e. The summed E-state index contributed by atoms with van der Waals surface area (Å²) in [6, 6.07) is 3.34. The van der Waals surface area contributed by atoms with E-state index in [1.807, 2.05) is 0 Å². The molecular weight excluding hydrogens is 266 g/mol. The average Bonchev–Trinajstić information content (AvgIpc) is 2.17. The molecule has 0 unspecified atom stereocenters. The Kier molecular flexibility index (Phi) is 2.71. The van der Waals surface area contributed by atoms with Gasteiger partial charge in [0.25, 0.3) is 0 Å². The van der Waals surface area contributed by atoms with Gasteiger partial charge in [-0.25, -0.2) is 0 Å². The molecule has 14 heavy (non-hydrogen) atoms. The highest BCUT2D eigenvalue weighted by Gasteiger charge is 2.11. The highest BCUT2D eigenvalue weighted by atomic mass is 35.5. The number of halogens is 4. The van der Waals surface area contributed by atoms with Gasteiger partial charge in [0, 0.05) is 5.39 Å². The lowest BCUT2D eigenvalue weighted by Crippen LogP contribution is -1.88. The molecule has 1 aromatic heterocycles. The van der Waals surface area contributed by atoms with E-state index >= 15 is 0 Å². The molecule has 0 saturated heterocycles. The molecule has 2 rings (SSSR count). The maximum absolute atomic E-state index is 5.91. The molecule has 2 nitrogen and oxygen atoms in total. The van der Waals surface area contributed by atoms with Crippen LogP contribution in [0.1, 0.15) is 0 Å². The van der Waals surface area contributed by atoms with E-state index < -0.39 is 0 Å². The molecule has 0 spiro atoms. The van der Waals surface area contributed by atoms with Crippen LogP contribution < -0.4 is 0 Å². The van der Waals surface area contributed by atoms with Crippen LogP contribution in [-0.4, -0.2) is 10.2 Å². The average molecular weight is 268 g/mol. The lowest BCUT2D eigenvalue weighted by Gasteiger charge is -2.03. The van der Waals surface area contributed by atoms with E-state index in [1.54, 1.807) is 12.1 Å². The van der Waals surface area contributed by atoms with Crippen molar-refractivity contribution < 1.29 is 0 Å². The molecule has 0 aliphatic heterocycles. The number of rotatable bonds is 0. The molecule has 0 radical (unpaired) electrons. The fourth-order valence-corrected chi connectivity index (χ4v) is 1.75. The van der Waals surface area contributed by atoms with Crippen molar-refractivity contribution in [2.45, 2.75) is 0 Å². The van der Waals surface area contributed by atoms with E-state index in [0.717, 1.165) is 0 Å². The third-order valence-electron chi connectivity index (χ3n) is 1.72. The van der Waals surface area contributed by atoms with Gasteiger partial charge in [0.05, 0.1) is 15.1 Å². The zero-order valence-corrected chi connectivity index (χ0v) is 9.58. The molecule has 1 aromatic carbocycles. The molecule has 0 bridgehead atoms. The third kappa shape index (κ3) is 1.52. The molecule has 72 valence electrons. The van der Waals surface area contributed by atoms with E-state index in [1.165, 1.54) is 0 Å². The van der Waals surface area contributed by atoms with Crippen LogP contribution in [0.5, 0.6) is 0 Å². The minimum absolute atomic E-state index is 0.151. The van der Waals surface area contributed by atoms with Gasteiger partial charge in [-0.1, -0.05) is 46.4 Å². The Morgan fingerprint density at radius 1 is 0.857 bits per heavy atom. The van der Waals surface area contributed by atoms with Crippen molar-refractivity contribution in [2.24, 2.45) is 0 Å². The number of nitrogens with zero attached hydrogens (tertiary/aromatic N) is 2. The first-order chi connectivity index (χ1) is 6.61. The number of aromatic nitrogens is 2. The number of benzene rings is 1. The lowest BCUT2D eigenvalue weighted by atomic mass is 10.2. The Hall–Kier alpha value is -0.280. The fourth-order valence-electron chi connectivity index (χ4n) is 1.06. The summed E-state index contributed by atoms with van der Waals surface area (Å²) in [6.45, 7) is 0. The zero-order valence-electron chi connectivity index (χ0n) is 6.56. The predicted molar refractivity (Wildman–Crippen MR) is 59.6 cm³/mol. The van der Waals surface area contributed by atoms with Crippen molar-refractivity contribution >= 4 is 57.3 Å². The maximum Gasteiger partial charge on any atom is 0.170 e. The SMILES string of the molecule is Clc1ccc2c(Cl)c(Cl)nnc2c1Cl. The zero-order chi connectivity index (χ0) is 10.3. The van der Waals surface area contributed by atoms with Crippen molar-refractivity contribution in [3.05, 3.63) is 32.4 Å². The third-order valence-corrected chi connectivity index (χ3v) is 3.26. The smallest absolute Gasteiger partial charge is 0.147 e. The van der Waals surface area contributed by atoms with Crippen molar-refractivity contribution in [3.8, 4) is 0 Å². The summed E-state index contributed by atoms with van der Waals surface area (Å²) in [5.41, 5.74) is 0.452. The van der Waals surface area contributed by atoms with Gasteiger partial charge in [0.2, 0.25) is 0 Å². The van der Waals surface area contributed by atoms with Gasteiger partial charge in [0.1, 0.15) is 5.52 Å². The second-order valence-corrected chi connectivity index (χ2v) is 4.08. The van der Waals surface area contributed by atoms with Crippen LogP contribution in [0.4, 0.5) is 0 Å². The standard InChI is InChI=1S/C8H2Cl4N2/c9-4-2-1-3-5(10)8(12)14-13-7(3)6(4)11/h1-2H. The number of hydrogen-bond acceptors (Lipinski definition) is 2.